The average molecular weight is 836 g/mol. The summed E-state index contributed by atoms with van der Waals surface area (Å²) >= 11 is 0. The Labute approximate surface area is 381 Å². The first-order chi connectivity index (χ1) is 32.0. The highest BCUT2D eigenvalue weighted by Crippen LogP contribution is 2.59. The molecule has 2 nitrogen and oxygen atoms in total. The second kappa shape index (κ2) is 14.8. The summed E-state index contributed by atoms with van der Waals surface area (Å²) in [7, 11) is 0. The molecule has 0 aliphatic heterocycles. The van der Waals surface area contributed by atoms with Crippen molar-refractivity contribution in [3.8, 4) is 55.6 Å². The van der Waals surface area contributed by atoms with Crippen molar-refractivity contribution >= 4 is 39.0 Å². The topological polar surface area (TPSA) is 16.4 Å². The van der Waals surface area contributed by atoms with Gasteiger partial charge in [0.25, 0.3) is 0 Å². The molecular weight excluding hydrogens is 787 g/mol. The summed E-state index contributed by atoms with van der Waals surface area (Å²) in [4.78, 5) is 2.51. The summed E-state index contributed by atoms with van der Waals surface area (Å²) in [6, 6.07) is 74.7. The Balaban J connectivity index is 0.916. The molecule has 9 aromatic carbocycles. The zero-order chi connectivity index (χ0) is 43.2. The van der Waals surface area contributed by atoms with Crippen LogP contribution in [0.15, 0.2) is 205 Å². The van der Waals surface area contributed by atoms with Gasteiger partial charge >= 0.3 is 0 Å². The fraction of sp³-hybridized carbons (Fsp3) is 0.143. The van der Waals surface area contributed by atoms with Crippen LogP contribution in [0.3, 0.4) is 0 Å². The molecule has 13 rings (SSSR count). The third-order valence-electron chi connectivity index (χ3n) is 15.5. The average Bonchev–Trinajstić information content (AvgIpc) is 4.08. The molecule has 0 radical (unpaired) electrons. The fourth-order valence-electron chi connectivity index (χ4n) is 11.9. The predicted molar refractivity (Wildman–Crippen MR) is 272 cm³/mol. The third-order valence-corrected chi connectivity index (χ3v) is 15.5. The largest absolute Gasteiger partial charge is 0.456 e. The standard InChI is InChI=1S/C63H49NO/c1-40-41(2)58-38-49(28-32-53(58)52-15-7-6-14-51(40)52)64(48-26-22-45(23-27-48)44-20-18-43(19-21-44)42-12-4-3-5-13-42)50-29-33-55-54-30-24-46(36-59(54)63(60(55)39-50)34-10-11-35-63)47-25-31-57-56-16-8-9-17-61(56)65-62(57)37-47/h3-9,12-33,36-41H,10-11,34-35H2,1-2H3. The number of anilines is 3. The number of fused-ring (bicyclic) bond motifs is 11. The van der Waals surface area contributed by atoms with E-state index in [4.69, 9.17) is 4.42 Å². The van der Waals surface area contributed by atoms with Crippen molar-refractivity contribution in [1.82, 2.24) is 0 Å². The number of benzene rings is 9. The van der Waals surface area contributed by atoms with Crippen LogP contribution in [0.1, 0.15) is 73.6 Å². The maximum absolute atomic E-state index is 6.36. The second-order valence-corrected chi connectivity index (χ2v) is 18.9. The van der Waals surface area contributed by atoms with E-state index < -0.39 is 0 Å². The van der Waals surface area contributed by atoms with E-state index in [2.05, 4.69) is 213 Å². The van der Waals surface area contributed by atoms with E-state index in [1.165, 1.54) is 113 Å². The highest BCUT2D eigenvalue weighted by atomic mass is 16.3. The van der Waals surface area contributed by atoms with E-state index in [0.29, 0.717) is 11.8 Å². The molecule has 0 N–H and O–H groups in total. The van der Waals surface area contributed by atoms with Crippen molar-refractivity contribution in [1.29, 1.82) is 0 Å². The van der Waals surface area contributed by atoms with Gasteiger partial charge in [0.2, 0.25) is 0 Å². The molecule has 2 heteroatoms. The zero-order valence-electron chi connectivity index (χ0n) is 36.9. The lowest BCUT2D eigenvalue weighted by Gasteiger charge is -2.34. The van der Waals surface area contributed by atoms with Crippen LogP contribution in [0.4, 0.5) is 17.1 Å². The molecule has 1 heterocycles. The van der Waals surface area contributed by atoms with E-state index in [9.17, 15) is 0 Å². The second-order valence-electron chi connectivity index (χ2n) is 18.9. The first kappa shape index (κ1) is 38.1. The first-order valence-electron chi connectivity index (χ1n) is 23.5. The Kier molecular flexibility index (Phi) is 8.68. The number of hydrogen-bond donors (Lipinski definition) is 0. The Morgan fingerprint density at radius 3 is 1.66 bits per heavy atom. The van der Waals surface area contributed by atoms with Crippen LogP contribution < -0.4 is 4.90 Å². The molecule has 0 saturated heterocycles. The third kappa shape index (κ3) is 6.00. The molecule has 2 atom stereocenters. The van der Waals surface area contributed by atoms with Gasteiger partial charge in [-0.1, -0.05) is 166 Å². The van der Waals surface area contributed by atoms with Gasteiger partial charge in [0.1, 0.15) is 11.2 Å². The Bertz CT molecular complexity index is 3460. The Morgan fingerprint density at radius 2 is 0.892 bits per heavy atom. The highest BCUT2D eigenvalue weighted by Gasteiger charge is 2.45. The minimum atomic E-state index is -0.0227. The van der Waals surface area contributed by atoms with E-state index in [1.807, 2.05) is 6.07 Å². The van der Waals surface area contributed by atoms with Gasteiger partial charge in [0.15, 0.2) is 0 Å². The van der Waals surface area contributed by atoms with Crippen LogP contribution >= 0.6 is 0 Å². The molecule has 2 unspecified atom stereocenters. The summed E-state index contributed by atoms with van der Waals surface area (Å²) in [5.74, 6) is 0.821. The fourth-order valence-corrected chi connectivity index (χ4v) is 11.9. The molecule has 10 aromatic rings. The summed E-state index contributed by atoms with van der Waals surface area (Å²) < 4.78 is 6.36. The van der Waals surface area contributed by atoms with Gasteiger partial charge in [-0.05, 0) is 163 Å². The number of furan rings is 1. The molecule has 1 spiro atoms. The normalized spacial score (nSPS) is 16.6. The van der Waals surface area contributed by atoms with Crippen LogP contribution in [0, 0.1) is 0 Å². The van der Waals surface area contributed by atoms with Gasteiger partial charge in [-0.25, -0.2) is 0 Å². The van der Waals surface area contributed by atoms with Crippen LogP contribution in [-0.4, -0.2) is 0 Å². The van der Waals surface area contributed by atoms with Gasteiger partial charge in [-0.15, -0.1) is 0 Å². The quantitative estimate of drug-likeness (QED) is 0.166. The van der Waals surface area contributed by atoms with E-state index in [-0.39, 0.29) is 5.41 Å². The van der Waals surface area contributed by atoms with Crippen molar-refractivity contribution in [3.63, 3.8) is 0 Å². The minimum Gasteiger partial charge on any atom is -0.456 e. The van der Waals surface area contributed by atoms with Gasteiger partial charge in [0.05, 0.1) is 0 Å². The van der Waals surface area contributed by atoms with Crippen LogP contribution in [-0.2, 0) is 5.41 Å². The van der Waals surface area contributed by atoms with E-state index in [1.54, 1.807) is 0 Å². The predicted octanol–water partition coefficient (Wildman–Crippen LogP) is 17.8. The molecule has 0 bridgehead atoms. The van der Waals surface area contributed by atoms with Crippen molar-refractivity contribution < 1.29 is 4.42 Å². The van der Waals surface area contributed by atoms with E-state index in [0.717, 1.165) is 29.7 Å². The van der Waals surface area contributed by atoms with Crippen molar-refractivity contribution in [2.45, 2.75) is 56.8 Å². The molecule has 1 aromatic heterocycles. The molecular formula is C63H49NO. The smallest absolute Gasteiger partial charge is 0.136 e. The van der Waals surface area contributed by atoms with Crippen molar-refractivity contribution in [2.24, 2.45) is 0 Å². The highest BCUT2D eigenvalue weighted by molar-refractivity contribution is 6.06. The lowest BCUT2D eigenvalue weighted by molar-refractivity contribution is 0.550. The number of para-hydroxylation sites is 1. The molecule has 0 amide bonds. The minimum absolute atomic E-state index is 0.0227. The Hall–Kier alpha value is -7.42. The summed E-state index contributed by atoms with van der Waals surface area (Å²) in [6.45, 7) is 4.80. The molecule has 1 saturated carbocycles. The maximum atomic E-state index is 6.36. The van der Waals surface area contributed by atoms with Crippen LogP contribution in [0.2, 0.25) is 0 Å². The molecule has 1 fully saturated rings. The number of nitrogens with zero attached hydrogens (tertiary/aromatic N) is 1. The van der Waals surface area contributed by atoms with E-state index >= 15 is 0 Å². The van der Waals surface area contributed by atoms with Gasteiger partial charge in [0, 0.05) is 33.2 Å². The number of hydrogen-bond acceptors (Lipinski definition) is 2. The van der Waals surface area contributed by atoms with Crippen molar-refractivity contribution in [2.75, 3.05) is 4.90 Å². The van der Waals surface area contributed by atoms with Crippen molar-refractivity contribution in [3.05, 3.63) is 222 Å². The zero-order valence-corrected chi connectivity index (χ0v) is 36.9. The van der Waals surface area contributed by atoms with Gasteiger partial charge in [-0.3, -0.25) is 0 Å². The number of rotatable bonds is 6. The molecule has 312 valence electrons. The lowest BCUT2D eigenvalue weighted by atomic mass is 9.73. The van der Waals surface area contributed by atoms with Gasteiger partial charge < -0.3 is 9.32 Å². The molecule has 65 heavy (non-hydrogen) atoms. The van der Waals surface area contributed by atoms with Crippen LogP contribution in [0.25, 0.3) is 77.6 Å². The van der Waals surface area contributed by atoms with Crippen LogP contribution in [0.5, 0.6) is 0 Å². The summed E-state index contributed by atoms with van der Waals surface area (Å²) in [5, 5.41) is 2.34. The van der Waals surface area contributed by atoms with Gasteiger partial charge in [-0.2, -0.15) is 0 Å². The monoisotopic (exact) mass is 835 g/mol. The maximum Gasteiger partial charge on any atom is 0.136 e. The Morgan fingerprint density at radius 1 is 0.385 bits per heavy atom. The first-order valence-corrected chi connectivity index (χ1v) is 23.5. The summed E-state index contributed by atoms with van der Waals surface area (Å²) in [5.41, 5.74) is 24.1. The lowest BCUT2D eigenvalue weighted by Crippen LogP contribution is -2.21. The SMILES string of the molecule is CC1c2ccccc2-c2ccc(N(c3ccc(-c4ccc(-c5ccccc5)cc4)cc3)c3ccc4c(c3)C3(CCCC3)c3cc(-c5ccc6c(c5)oc5ccccc56)ccc3-4)cc2C1C. The molecule has 3 aliphatic carbocycles. The molecule has 3 aliphatic rings. The summed E-state index contributed by atoms with van der Waals surface area (Å²) in [6.07, 6.45) is 4.79.